The highest BCUT2D eigenvalue weighted by atomic mass is 31.2. The summed E-state index contributed by atoms with van der Waals surface area (Å²) in [7, 11) is -4.63. The van der Waals surface area contributed by atoms with E-state index in [1.165, 1.54) is 0 Å². The summed E-state index contributed by atoms with van der Waals surface area (Å²) in [6.07, 6.45) is 46.4. The third-order valence-corrected chi connectivity index (χ3v) is 8.62. The predicted octanol–water partition coefficient (Wildman–Crippen LogP) is 10.4. The van der Waals surface area contributed by atoms with Crippen LogP contribution in [0.15, 0.2) is 85.1 Å². The average Bonchev–Trinajstić information content (AvgIpc) is 3.13. The molecule has 0 aliphatic carbocycles. The van der Waals surface area contributed by atoms with Gasteiger partial charge in [0, 0.05) is 13.0 Å². The molecule has 0 bridgehead atoms. The fourth-order valence-electron chi connectivity index (χ4n) is 4.67. The smallest absolute Gasteiger partial charge is 0.472 e. The number of carbonyl (C=O) groups excluding carboxylic acids is 1. The van der Waals surface area contributed by atoms with Crippen molar-refractivity contribution in [2.75, 3.05) is 26.4 Å². The van der Waals surface area contributed by atoms with Gasteiger partial charge in [0.2, 0.25) is 0 Å². The van der Waals surface area contributed by atoms with Gasteiger partial charge in [-0.3, -0.25) is 18.6 Å². The van der Waals surface area contributed by atoms with Crippen molar-refractivity contribution in [2.24, 2.45) is 5.73 Å². The maximum absolute atomic E-state index is 12.6. The highest BCUT2D eigenvalue weighted by molar-refractivity contribution is 7.47. The quantitative estimate of drug-likeness (QED) is 0.0243. The molecule has 0 aromatic heterocycles. The van der Waals surface area contributed by atoms with Crippen molar-refractivity contribution in [2.45, 2.75) is 142 Å². The first-order valence-electron chi connectivity index (χ1n) is 19.6. The van der Waals surface area contributed by atoms with Crippen molar-refractivity contribution in [3.8, 4) is 0 Å². The first kappa shape index (κ1) is 50.1. The van der Waals surface area contributed by atoms with E-state index in [-0.39, 0.29) is 13.0 Å². The Morgan fingerprint density at radius 1 is 0.604 bits per heavy atom. The van der Waals surface area contributed by atoms with Crippen LogP contribution in [-0.2, 0) is 32.7 Å². The Balaban J connectivity index is 4.38. The molecule has 0 amide bonds. The molecular formula is C42H70NO9P. The number of ether oxygens (including phenoxy) is 2. The summed E-state index contributed by atoms with van der Waals surface area (Å²) in [5, 5.41) is 8.87. The SMILES string of the molecule is CC/C=C\C/C=C\C/C=C\C/C=C\CCCCCCCOCC(COP(=O)(O)OCC(N)C(=O)O)OC(=O)CCCCC/C=C\C/C=C\C/C=C\CC. The molecule has 0 spiro atoms. The number of carbonyl (C=O) groups is 2. The molecule has 11 heteroatoms. The number of phosphoric ester groups is 1. The van der Waals surface area contributed by atoms with Crippen LogP contribution in [-0.4, -0.2) is 60.5 Å². The fraction of sp³-hybridized carbons (Fsp3) is 0.619. The van der Waals surface area contributed by atoms with Crippen molar-refractivity contribution in [1.82, 2.24) is 0 Å². The lowest BCUT2D eigenvalue weighted by Crippen LogP contribution is -2.34. The first-order valence-corrected chi connectivity index (χ1v) is 21.1. The van der Waals surface area contributed by atoms with Gasteiger partial charge in [-0.25, -0.2) is 4.57 Å². The van der Waals surface area contributed by atoms with Gasteiger partial charge in [0.05, 0.1) is 19.8 Å². The minimum Gasteiger partial charge on any atom is -0.480 e. The van der Waals surface area contributed by atoms with E-state index in [2.05, 4.69) is 103 Å². The van der Waals surface area contributed by atoms with Gasteiger partial charge < -0.3 is 25.2 Å². The number of carboxylic acids is 1. The molecule has 0 radical (unpaired) electrons. The highest BCUT2D eigenvalue weighted by Gasteiger charge is 2.27. The van der Waals surface area contributed by atoms with Crippen molar-refractivity contribution < 1.29 is 42.7 Å². The predicted molar refractivity (Wildman–Crippen MR) is 216 cm³/mol. The zero-order chi connectivity index (χ0) is 39.1. The fourth-order valence-corrected chi connectivity index (χ4v) is 5.44. The molecular weight excluding hydrogens is 693 g/mol. The van der Waals surface area contributed by atoms with Crippen LogP contribution in [0.25, 0.3) is 0 Å². The number of hydrogen-bond acceptors (Lipinski definition) is 8. The van der Waals surface area contributed by atoms with Crippen molar-refractivity contribution in [1.29, 1.82) is 0 Å². The summed E-state index contributed by atoms with van der Waals surface area (Å²) >= 11 is 0. The molecule has 0 saturated carbocycles. The van der Waals surface area contributed by atoms with Gasteiger partial charge in [-0.15, -0.1) is 0 Å². The summed E-state index contributed by atoms with van der Waals surface area (Å²) in [4.78, 5) is 33.4. The molecule has 53 heavy (non-hydrogen) atoms. The monoisotopic (exact) mass is 763 g/mol. The molecule has 0 rings (SSSR count). The number of phosphoric acid groups is 1. The molecule has 0 heterocycles. The Kier molecular flexibility index (Phi) is 35.5. The number of allylic oxidation sites excluding steroid dienone is 14. The molecule has 302 valence electrons. The van der Waals surface area contributed by atoms with E-state index in [1.54, 1.807) is 0 Å². The Labute approximate surface area is 320 Å². The molecule has 0 aliphatic rings. The van der Waals surface area contributed by atoms with E-state index < -0.39 is 45.1 Å². The molecule has 0 fully saturated rings. The van der Waals surface area contributed by atoms with Gasteiger partial charge >= 0.3 is 19.8 Å². The van der Waals surface area contributed by atoms with Crippen molar-refractivity contribution in [3.63, 3.8) is 0 Å². The van der Waals surface area contributed by atoms with E-state index >= 15 is 0 Å². The average molecular weight is 764 g/mol. The number of hydrogen-bond donors (Lipinski definition) is 3. The van der Waals surface area contributed by atoms with Crippen LogP contribution >= 0.6 is 7.82 Å². The van der Waals surface area contributed by atoms with Gasteiger partial charge in [-0.1, -0.05) is 125 Å². The van der Waals surface area contributed by atoms with E-state index in [0.29, 0.717) is 13.0 Å². The number of aliphatic carboxylic acids is 1. The number of unbranched alkanes of at least 4 members (excludes halogenated alkanes) is 8. The standard InChI is InChI=1S/C42H70NO9P/c1-3-5-7-9-11-13-15-17-18-19-20-21-23-25-27-29-31-33-35-49-36-39(37-50-53(47,48)51-38-40(43)42(45)46)52-41(44)34-32-30-28-26-24-22-16-14-12-10-8-6-4-2/h5-8,11-14,17-18,20-22,24,39-40H,3-4,9-10,15-16,19,23,25-38,43H2,1-2H3,(H,45,46)(H,47,48)/b7-5-,8-6-,13-11-,14-12-,18-17-,21-20-,24-22-. The summed E-state index contributed by atoms with van der Waals surface area (Å²) in [5.41, 5.74) is 5.34. The molecule has 0 aliphatic heterocycles. The molecule has 10 nitrogen and oxygen atoms in total. The second-order valence-electron chi connectivity index (χ2n) is 12.6. The van der Waals surface area contributed by atoms with Crippen molar-refractivity contribution >= 4 is 19.8 Å². The Hall–Kier alpha value is -2.85. The molecule has 3 atom stereocenters. The van der Waals surface area contributed by atoms with Crippen molar-refractivity contribution in [3.05, 3.63) is 85.1 Å². The third-order valence-electron chi connectivity index (χ3n) is 7.67. The van der Waals surface area contributed by atoms with Crippen LogP contribution in [0, 0.1) is 0 Å². The highest BCUT2D eigenvalue weighted by Crippen LogP contribution is 2.43. The largest absolute Gasteiger partial charge is 0.480 e. The number of rotatable bonds is 36. The summed E-state index contributed by atoms with van der Waals surface area (Å²) < 4.78 is 33.2. The summed E-state index contributed by atoms with van der Waals surface area (Å²) in [5.74, 6) is -1.83. The van der Waals surface area contributed by atoms with E-state index in [9.17, 15) is 19.0 Å². The Morgan fingerprint density at radius 3 is 1.55 bits per heavy atom. The Bertz CT molecular complexity index is 1160. The lowest BCUT2D eigenvalue weighted by atomic mass is 10.1. The normalized spacial score (nSPS) is 14.9. The Morgan fingerprint density at radius 2 is 1.04 bits per heavy atom. The maximum Gasteiger partial charge on any atom is 0.472 e. The third kappa shape index (κ3) is 37.3. The summed E-state index contributed by atoms with van der Waals surface area (Å²) in [6.45, 7) is 3.53. The lowest BCUT2D eigenvalue weighted by molar-refractivity contribution is -0.154. The second kappa shape index (κ2) is 37.5. The molecule has 0 aromatic rings. The van der Waals surface area contributed by atoms with Gasteiger partial charge in [-0.2, -0.15) is 0 Å². The van der Waals surface area contributed by atoms with Crippen LogP contribution in [0.3, 0.4) is 0 Å². The van der Waals surface area contributed by atoms with Crippen LogP contribution < -0.4 is 5.73 Å². The van der Waals surface area contributed by atoms with E-state index in [1.807, 2.05) is 0 Å². The molecule has 0 saturated heterocycles. The van der Waals surface area contributed by atoms with Gasteiger partial charge in [0.25, 0.3) is 0 Å². The molecule has 0 aromatic carbocycles. The van der Waals surface area contributed by atoms with Crippen LogP contribution in [0.1, 0.15) is 129 Å². The lowest BCUT2D eigenvalue weighted by Gasteiger charge is -2.20. The summed E-state index contributed by atoms with van der Waals surface area (Å²) in [6, 6.07) is -1.49. The molecule has 3 unspecified atom stereocenters. The number of carboxylic acid groups (broad SMARTS) is 1. The minimum absolute atomic E-state index is 0.0135. The minimum atomic E-state index is -4.63. The second-order valence-corrected chi connectivity index (χ2v) is 14.1. The van der Waals surface area contributed by atoms with E-state index in [0.717, 1.165) is 103 Å². The first-order chi connectivity index (χ1) is 25.7. The zero-order valence-electron chi connectivity index (χ0n) is 32.6. The number of nitrogens with two attached hydrogens (primary N) is 1. The van der Waals surface area contributed by atoms with Gasteiger partial charge in [0.15, 0.2) is 0 Å². The topological polar surface area (TPSA) is 155 Å². The maximum atomic E-state index is 12.6. The number of esters is 1. The van der Waals surface area contributed by atoms with Gasteiger partial charge in [0.1, 0.15) is 12.1 Å². The van der Waals surface area contributed by atoms with Crippen LogP contribution in [0.5, 0.6) is 0 Å². The van der Waals surface area contributed by atoms with E-state index in [4.69, 9.17) is 24.8 Å². The van der Waals surface area contributed by atoms with Gasteiger partial charge in [-0.05, 0) is 83.5 Å². The zero-order valence-corrected chi connectivity index (χ0v) is 33.5. The van der Waals surface area contributed by atoms with Crippen LogP contribution in [0.4, 0.5) is 0 Å². The van der Waals surface area contributed by atoms with Crippen LogP contribution in [0.2, 0.25) is 0 Å². The molecule has 4 N–H and O–H groups in total.